The predicted molar refractivity (Wildman–Crippen MR) is 53.5 cm³/mol. The molecule has 0 spiro atoms. The first-order valence-corrected chi connectivity index (χ1v) is 4.98. The van der Waals surface area contributed by atoms with Crippen LogP contribution < -0.4 is 18.9 Å². The second-order valence-electron chi connectivity index (χ2n) is 4.74. The van der Waals surface area contributed by atoms with E-state index in [-0.39, 0.29) is 24.5 Å². The van der Waals surface area contributed by atoms with Gasteiger partial charge < -0.3 is 10.8 Å². The molecule has 12 heavy (non-hydrogen) atoms. The van der Waals surface area contributed by atoms with Gasteiger partial charge in [-0.1, -0.05) is 20.8 Å². The van der Waals surface area contributed by atoms with Gasteiger partial charge >= 0.3 is 18.9 Å². The minimum Gasteiger partial charge on any atom is -0.426 e. The Morgan fingerprint density at radius 2 is 1.58 bits per heavy atom. The van der Waals surface area contributed by atoms with Crippen LogP contribution >= 0.6 is 0 Å². The summed E-state index contributed by atoms with van der Waals surface area (Å²) in [4.78, 5) is 0. The Kier molecular flexibility index (Phi) is 6.98. The Morgan fingerprint density at radius 3 is 1.83 bits per heavy atom. The van der Waals surface area contributed by atoms with E-state index in [0.717, 1.165) is 16.9 Å². The molecule has 0 aliphatic rings. The van der Waals surface area contributed by atoms with Crippen molar-refractivity contribution in [2.24, 2.45) is 5.41 Å². The van der Waals surface area contributed by atoms with Crippen molar-refractivity contribution in [2.75, 3.05) is 0 Å². The van der Waals surface area contributed by atoms with Crippen molar-refractivity contribution in [3.05, 3.63) is 6.42 Å². The van der Waals surface area contributed by atoms with Gasteiger partial charge in [0.1, 0.15) is 10.5 Å². The fourth-order valence-corrected chi connectivity index (χ4v) is 0.802. The molecule has 0 saturated heterocycles. The Morgan fingerprint density at radius 1 is 1.17 bits per heavy atom. The molecule has 0 radical (unpaired) electrons. The van der Waals surface area contributed by atoms with Gasteiger partial charge in [0.15, 0.2) is 0 Å². The standard InChI is InChI=1S/C9H21OSi.Li/c1-8(2,3)6-7-9(4,5)10-11;/h6H,7H2,1-5,11H3;/q-1;+1. The first-order chi connectivity index (χ1) is 4.77. The molecule has 0 aliphatic carbocycles. The summed E-state index contributed by atoms with van der Waals surface area (Å²) in [7, 11) is 0.828. The molecule has 0 aromatic heterocycles. The smallest absolute Gasteiger partial charge is 0.426 e. The van der Waals surface area contributed by atoms with Crippen LogP contribution in [-0.2, 0) is 4.43 Å². The average molecular weight is 180 g/mol. The van der Waals surface area contributed by atoms with E-state index in [1.54, 1.807) is 0 Å². The molecule has 0 unspecified atom stereocenters. The Labute approximate surface area is 92.4 Å². The molecule has 0 aliphatic heterocycles. The zero-order valence-electron chi connectivity index (χ0n) is 9.69. The van der Waals surface area contributed by atoms with Gasteiger partial charge in [0.05, 0.1) is 0 Å². The maximum absolute atomic E-state index is 5.44. The van der Waals surface area contributed by atoms with Gasteiger partial charge in [-0.15, -0.1) is 0 Å². The van der Waals surface area contributed by atoms with Gasteiger partial charge in [-0.2, -0.15) is 11.8 Å². The zero-order chi connectivity index (χ0) is 9.12. The maximum atomic E-state index is 5.44. The van der Waals surface area contributed by atoms with Gasteiger partial charge in [-0.05, 0) is 13.8 Å². The van der Waals surface area contributed by atoms with Crippen LogP contribution in [0.15, 0.2) is 0 Å². The predicted octanol–water partition coefficient (Wildman–Crippen LogP) is -1.29. The fraction of sp³-hybridized carbons (Fsp3) is 0.889. The van der Waals surface area contributed by atoms with E-state index in [1.807, 2.05) is 0 Å². The largest absolute Gasteiger partial charge is 1.00 e. The van der Waals surface area contributed by atoms with Crippen molar-refractivity contribution < 1.29 is 23.3 Å². The minimum absolute atomic E-state index is 0. The molecule has 0 fully saturated rings. The molecule has 0 aromatic carbocycles. The van der Waals surface area contributed by atoms with E-state index >= 15 is 0 Å². The second-order valence-corrected chi connectivity index (χ2v) is 5.15. The van der Waals surface area contributed by atoms with Crippen LogP contribution in [0, 0.1) is 11.8 Å². The molecule has 0 saturated carbocycles. The summed E-state index contributed by atoms with van der Waals surface area (Å²) in [5.74, 6) is 0. The normalized spacial score (nSPS) is 12.8. The topological polar surface area (TPSA) is 9.23 Å². The van der Waals surface area contributed by atoms with Crippen molar-refractivity contribution in [3.63, 3.8) is 0 Å². The monoisotopic (exact) mass is 180 g/mol. The van der Waals surface area contributed by atoms with E-state index in [0.29, 0.717) is 5.41 Å². The summed E-state index contributed by atoms with van der Waals surface area (Å²) in [5, 5.41) is 0. The third-order valence-electron chi connectivity index (χ3n) is 1.76. The maximum Gasteiger partial charge on any atom is 1.00 e. The summed E-state index contributed by atoms with van der Waals surface area (Å²) in [5.41, 5.74) is 0.372. The van der Waals surface area contributed by atoms with Gasteiger partial charge in [0, 0.05) is 5.60 Å². The van der Waals surface area contributed by atoms with Gasteiger partial charge in [-0.25, -0.2) is 0 Å². The van der Waals surface area contributed by atoms with Crippen molar-refractivity contribution in [1.29, 1.82) is 0 Å². The fourth-order valence-electron chi connectivity index (χ4n) is 0.635. The number of rotatable bonds is 3. The molecular formula is C9H21LiOSi. The first-order valence-electron chi connectivity index (χ1n) is 4.16. The third kappa shape index (κ3) is 8.87. The van der Waals surface area contributed by atoms with E-state index in [9.17, 15) is 0 Å². The van der Waals surface area contributed by atoms with E-state index in [2.05, 4.69) is 41.0 Å². The molecule has 0 aromatic rings. The molecule has 0 atom stereocenters. The van der Waals surface area contributed by atoms with Crippen LogP contribution in [0.1, 0.15) is 41.0 Å². The van der Waals surface area contributed by atoms with Crippen molar-refractivity contribution >= 4 is 10.5 Å². The van der Waals surface area contributed by atoms with Crippen LogP contribution in [0.25, 0.3) is 0 Å². The summed E-state index contributed by atoms with van der Waals surface area (Å²) in [6.45, 7) is 10.9. The Bertz CT molecular complexity index is 118. The Hall–Kier alpha value is 0.774. The van der Waals surface area contributed by atoms with Crippen LogP contribution in [0.4, 0.5) is 0 Å². The SMILES string of the molecule is CC(C)(C)[CH-]CC(C)(C)O[SiH3].[Li+]. The van der Waals surface area contributed by atoms with Crippen molar-refractivity contribution in [2.45, 2.75) is 46.6 Å². The van der Waals surface area contributed by atoms with E-state index in [4.69, 9.17) is 4.43 Å². The molecular weight excluding hydrogens is 159 g/mol. The average Bonchev–Trinajstić information content (AvgIpc) is 1.83. The molecule has 68 valence electrons. The van der Waals surface area contributed by atoms with Crippen LogP contribution in [0.2, 0.25) is 0 Å². The van der Waals surface area contributed by atoms with Crippen LogP contribution in [0.3, 0.4) is 0 Å². The summed E-state index contributed by atoms with van der Waals surface area (Å²) < 4.78 is 5.44. The molecule has 0 rings (SSSR count). The van der Waals surface area contributed by atoms with E-state index in [1.165, 1.54) is 0 Å². The van der Waals surface area contributed by atoms with E-state index < -0.39 is 0 Å². The third-order valence-corrected chi connectivity index (χ3v) is 2.86. The number of hydrogen-bond donors (Lipinski definition) is 0. The second kappa shape index (κ2) is 5.49. The van der Waals surface area contributed by atoms with Gasteiger partial charge in [-0.3, -0.25) is 0 Å². The molecule has 0 bridgehead atoms. The van der Waals surface area contributed by atoms with Crippen molar-refractivity contribution in [3.8, 4) is 0 Å². The first kappa shape index (κ1) is 15.3. The summed E-state index contributed by atoms with van der Waals surface area (Å²) >= 11 is 0. The quantitative estimate of drug-likeness (QED) is 0.388. The summed E-state index contributed by atoms with van der Waals surface area (Å²) in [6.07, 6.45) is 3.37. The van der Waals surface area contributed by atoms with Crippen LogP contribution in [0.5, 0.6) is 0 Å². The van der Waals surface area contributed by atoms with Crippen molar-refractivity contribution in [1.82, 2.24) is 0 Å². The molecule has 3 heteroatoms. The molecule has 0 amide bonds. The molecule has 0 N–H and O–H groups in total. The van der Waals surface area contributed by atoms with Gasteiger partial charge in [0.2, 0.25) is 0 Å². The number of hydrogen-bond acceptors (Lipinski definition) is 1. The minimum atomic E-state index is 0. The molecule has 0 heterocycles. The zero-order valence-corrected chi connectivity index (χ0v) is 11.7. The molecule has 1 nitrogen and oxygen atoms in total. The summed E-state index contributed by atoms with van der Waals surface area (Å²) in [6, 6.07) is 0. The van der Waals surface area contributed by atoms with Crippen LogP contribution in [-0.4, -0.2) is 16.1 Å². The van der Waals surface area contributed by atoms with Gasteiger partial charge in [0.25, 0.3) is 0 Å². The Balaban J connectivity index is 0.